The summed E-state index contributed by atoms with van der Waals surface area (Å²) < 4.78 is 1.94. The lowest BCUT2D eigenvalue weighted by Gasteiger charge is -2.29. The van der Waals surface area contributed by atoms with Crippen molar-refractivity contribution in [2.45, 2.75) is 44.6 Å². The Balaban J connectivity index is 1.81. The Morgan fingerprint density at radius 2 is 2.04 bits per heavy atom. The number of nitrogens with zero attached hydrogens (tertiary/aromatic N) is 2. The van der Waals surface area contributed by atoms with Gasteiger partial charge in [0.05, 0.1) is 6.20 Å². The fraction of sp³-hybridized carbons (Fsp3) is 0.421. The van der Waals surface area contributed by atoms with E-state index in [1.165, 1.54) is 0 Å². The largest absolute Gasteiger partial charge is 0.481 e. The van der Waals surface area contributed by atoms with Gasteiger partial charge in [0.25, 0.3) is 5.91 Å². The van der Waals surface area contributed by atoms with Gasteiger partial charge in [-0.2, -0.15) is 0 Å². The maximum atomic E-state index is 12.6. The maximum absolute atomic E-state index is 12.6. The normalized spacial score (nSPS) is 15.9. The number of hydrogen-bond donors (Lipinski definition) is 2. The SMILES string of the molecule is CCC(CNC(=O)c1cnc2n1CCCC2)(C(=O)O)c1ccccc1. The number of carboxylic acids is 1. The summed E-state index contributed by atoms with van der Waals surface area (Å²) in [4.78, 5) is 29.0. The molecular formula is C19H23N3O3. The van der Waals surface area contributed by atoms with Crippen LogP contribution in [-0.4, -0.2) is 33.1 Å². The molecule has 1 unspecified atom stereocenters. The van der Waals surface area contributed by atoms with Gasteiger partial charge in [0.15, 0.2) is 0 Å². The maximum Gasteiger partial charge on any atom is 0.315 e. The first-order valence-corrected chi connectivity index (χ1v) is 8.70. The number of carboxylic acid groups (broad SMARTS) is 1. The molecule has 0 fully saturated rings. The highest BCUT2D eigenvalue weighted by molar-refractivity contribution is 5.93. The number of imidazole rings is 1. The molecule has 1 atom stereocenters. The Morgan fingerprint density at radius 1 is 1.28 bits per heavy atom. The van der Waals surface area contributed by atoms with Gasteiger partial charge in [-0.25, -0.2) is 4.98 Å². The van der Waals surface area contributed by atoms with Crippen LogP contribution in [0.25, 0.3) is 0 Å². The van der Waals surface area contributed by atoms with Crippen molar-refractivity contribution in [1.29, 1.82) is 0 Å². The van der Waals surface area contributed by atoms with Gasteiger partial charge in [-0.05, 0) is 24.8 Å². The molecular weight excluding hydrogens is 318 g/mol. The number of hydrogen-bond acceptors (Lipinski definition) is 3. The molecule has 3 rings (SSSR count). The van der Waals surface area contributed by atoms with Gasteiger partial charge in [-0.3, -0.25) is 9.59 Å². The van der Waals surface area contributed by atoms with Crippen LogP contribution in [-0.2, 0) is 23.2 Å². The van der Waals surface area contributed by atoms with Crippen molar-refractivity contribution in [3.8, 4) is 0 Å². The number of aromatic nitrogens is 2. The molecule has 25 heavy (non-hydrogen) atoms. The van der Waals surface area contributed by atoms with Crippen LogP contribution in [0.4, 0.5) is 0 Å². The van der Waals surface area contributed by atoms with Gasteiger partial charge in [0, 0.05) is 19.5 Å². The number of aryl methyl sites for hydroxylation is 1. The third kappa shape index (κ3) is 3.16. The summed E-state index contributed by atoms with van der Waals surface area (Å²) in [6.45, 7) is 2.66. The van der Waals surface area contributed by atoms with Crippen molar-refractivity contribution < 1.29 is 14.7 Å². The Kier molecular flexibility index (Phi) is 4.88. The van der Waals surface area contributed by atoms with Crippen LogP contribution in [0.1, 0.15) is 48.1 Å². The standard InChI is InChI=1S/C19H23N3O3/c1-2-19(18(24)25,14-8-4-3-5-9-14)13-21-17(23)15-12-20-16-10-6-7-11-22(15)16/h3-5,8-9,12H,2,6-7,10-11,13H2,1H3,(H,21,23)(H,24,25). The zero-order valence-electron chi connectivity index (χ0n) is 14.4. The average Bonchev–Trinajstić information content (AvgIpc) is 3.07. The Hall–Kier alpha value is -2.63. The van der Waals surface area contributed by atoms with Crippen LogP contribution in [0.2, 0.25) is 0 Å². The van der Waals surface area contributed by atoms with E-state index in [0.717, 1.165) is 31.6 Å². The molecule has 0 bridgehead atoms. The third-order valence-corrected chi connectivity index (χ3v) is 5.09. The monoisotopic (exact) mass is 341 g/mol. The van der Waals surface area contributed by atoms with Crippen molar-refractivity contribution in [1.82, 2.24) is 14.9 Å². The molecule has 132 valence electrons. The fourth-order valence-electron chi connectivity index (χ4n) is 3.46. The lowest BCUT2D eigenvalue weighted by Crippen LogP contribution is -2.46. The molecule has 0 radical (unpaired) electrons. The van der Waals surface area contributed by atoms with Gasteiger partial charge < -0.3 is 15.0 Å². The highest BCUT2D eigenvalue weighted by atomic mass is 16.4. The minimum atomic E-state index is -1.14. The lowest BCUT2D eigenvalue weighted by atomic mass is 9.78. The van der Waals surface area contributed by atoms with Crippen molar-refractivity contribution >= 4 is 11.9 Å². The summed E-state index contributed by atoms with van der Waals surface area (Å²) in [6.07, 6.45) is 4.97. The Bertz CT molecular complexity index is 769. The number of nitrogens with one attached hydrogen (secondary N) is 1. The van der Waals surface area contributed by atoms with Crippen LogP contribution >= 0.6 is 0 Å². The van der Waals surface area contributed by atoms with E-state index >= 15 is 0 Å². The molecule has 2 heterocycles. The van der Waals surface area contributed by atoms with Crippen LogP contribution in [0.3, 0.4) is 0 Å². The molecule has 6 nitrogen and oxygen atoms in total. The lowest BCUT2D eigenvalue weighted by molar-refractivity contribution is -0.143. The molecule has 6 heteroatoms. The first-order valence-electron chi connectivity index (χ1n) is 8.70. The van der Waals surface area contributed by atoms with E-state index in [4.69, 9.17) is 0 Å². The van der Waals surface area contributed by atoms with E-state index in [-0.39, 0.29) is 12.5 Å². The molecule has 2 N–H and O–H groups in total. The summed E-state index contributed by atoms with van der Waals surface area (Å²) in [5.41, 5.74) is 0.0700. The van der Waals surface area contributed by atoms with E-state index in [9.17, 15) is 14.7 Å². The molecule has 0 saturated carbocycles. The number of rotatable bonds is 6. The minimum absolute atomic E-state index is 0.0438. The quantitative estimate of drug-likeness (QED) is 0.845. The molecule has 2 aromatic rings. The van der Waals surface area contributed by atoms with Crippen molar-refractivity contribution in [3.63, 3.8) is 0 Å². The van der Waals surface area contributed by atoms with Crippen LogP contribution < -0.4 is 5.32 Å². The van der Waals surface area contributed by atoms with Gasteiger partial charge in [-0.1, -0.05) is 37.3 Å². The number of carbonyl (C=O) groups excluding carboxylic acids is 1. The molecule has 1 aliphatic heterocycles. The van der Waals surface area contributed by atoms with Crippen molar-refractivity contribution in [3.05, 3.63) is 53.6 Å². The van der Waals surface area contributed by atoms with Crippen LogP contribution in [0, 0.1) is 0 Å². The van der Waals surface area contributed by atoms with Gasteiger partial charge in [0.2, 0.25) is 0 Å². The Morgan fingerprint density at radius 3 is 2.72 bits per heavy atom. The minimum Gasteiger partial charge on any atom is -0.481 e. The smallest absolute Gasteiger partial charge is 0.315 e. The molecule has 1 amide bonds. The van der Waals surface area contributed by atoms with E-state index in [2.05, 4.69) is 10.3 Å². The van der Waals surface area contributed by atoms with E-state index in [1.54, 1.807) is 18.3 Å². The van der Waals surface area contributed by atoms with E-state index < -0.39 is 11.4 Å². The second-order valence-electron chi connectivity index (χ2n) is 6.46. The summed E-state index contributed by atoms with van der Waals surface area (Å²) in [7, 11) is 0. The number of aliphatic carboxylic acids is 1. The van der Waals surface area contributed by atoms with Crippen molar-refractivity contribution in [2.75, 3.05) is 6.54 Å². The number of benzene rings is 1. The third-order valence-electron chi connectivity index (χ3n) is 5.09. The highest BCUT2D eigenvalue weighted by Gasteiger charge is 2.39. The highest BCUT2D eigenvalue weighted by Crippen LogP contribution is 2.28. The van der Waals surface area contributed by atoms with E-state index in [1.807, 2.05) is 29.7 Å². The summed E-state index contributed by atoms with van der Waals surface area (Å²) >= 11 is 0. The number of fused-ring (bicyclic) bond motifs is 1. The van der Waals surface area contributed by atoms with Gasteiger partial charge >= 0.3 is 5.97 Å². The molecule has 1 aromatic carbocycles. The predicted octanol–water partition coefficient (Wildman–Crippen LogP) is 2.38. The number of amides is 1. The molecule has 0 aliphatic carbocycles. The summed E-state index contributed by atoms with van der Waals surface area (Å²) in [5, 5.41) is 12.7. The zero-order valence-corrected chi connectivity index (χ0v) is 14.4. The second kappa shape index (κ2) is 7.09. The Labute approximate surface area is 146 Å². The second-order valence-corrected chi connectivity index (χ2v) is 6.46. The van der Waals surface area contributed by atoms with Gasteiger partial charge in [0.1, 0.15) is 16.9 Å². The predicted molar refractivity (Wildman–Crippen MR) is 93.5 cm³/mol. The number of carbonyl (C=O) groups is 2. The molecule has 1 aliphatic rings. The summed E-state index contributed by atoms with van der Waals surface area (Å²) in [6, 6.07) is 9.08. The van der Waals surface area contributed by atoms with Gasteiger partial charge in [-0.15, -0.1) is 0 Å². The molecule has 0 spiro atoms. The topological polar surface area (TPSA) is 84.2 Å². The first-order chi connectivity index (χ1) is 12.1. The molecule has 0 saturated heterocycles. The van der Waals surface area contributed by atoms with E-state index in [0.29, 0.717) is 17.7 Å². The fourth-order valence-corrected chi connectivity index (χ4v) is 3.46. The van der Waals surface area contributed by atoms with Crippen LogP contribution in [0.5, 0.6) is 0 Å². The zero-order chi connectivity index (χ0) is 17.9. The van der Waals surface area contributed by atoms with Crippen LogP contribution in [0.15, 0.2) is 36.5 Å². The first kappa shape index (κ1) is 17.2. The molecule has 1 aromatic heterocycles. The van der Waals surface area contributed by atoms with Crippen molar-refractivity contribution in [2.24, 2.45) is 0 Å². The summed E-state index contributed by atoms with van der Waals surface area (Å²) in [5.74, 6) is -0.271. The average molecular weight is 341 g/mol.